The van der Waals surface area contributed by atoms with E-state index in [2.05, 4.69) is 49.5 Å². The minimum absolute atomic E-state index is 1.07. The van der Waals surface area contributed by atoms with Crippen LogP contribution < -0.4 is 9.37 Å². The highest BCUT2D eigenvalue weighted by Crippen LogP contribution is 2.19. The molecule has 0 radical (unpaired) electrons. The smallest absolute Gasteiger partial charge is 0.305 e. The summed E-state index contributed by atoms with van der Waals surface area (Å²) in [5, 5.41) is 1.07. The van der Waals surface area contributed by atoms with E-state index in [9.17, 15) is 0 Å². The summed E-state index contributed by atoms with van der Waals surface area (Å²) in [6.45, 7) is 4.35. The fourth-order valence-electron chi connectivity index (χ4n) is 1.59. The number of hydrogen-bond donors (Lipinski definition) is 0. The summed E-state index contributed by atoms with van der Waals surface area (Å²) in [7, 11) is 4.12. The molecular formula is C12H18N3S2+. The predicted octanol–water partition coefficient (Wildman–Crippen LogP) is 2.33. The van der Waals surface area contributed by atoms with Crippen molar-refractivity contribution in [2.75, 3.05) is 0 Å². The first-order valence-corrected chi connectivity index (χ1v) is 7.45. The van der Waals surface area contributed by atoms with Crippen molar-refractivity contribution < 1.29 is 4.57 Å². The molecule has 0 spiro atoms. The Kier molecular flexibility index (Phi) is 3.79. The Morgan fingerprint density at radius 1 is 1.24 bits per heavy atom. The van der Waals surface area contributed by atoms with Gasteiger partial charge in [-0.25, -0.2) is 4.57 Å². The van der Waals surface area contributed by atoms with Crippen LogP contribution in [0.4, 0.5) is 5.13 Å². The molecule has 0 aliphatic carbocycles. The third kappa shape index (κ3) is 2.66. The second kappa shape index (κ2) is 5.14. The summed E-state index contributed by atoms with van der Waals surface area (Å²) < 4.78 is 4.21. The molecule has 2 rings (SSSR count). The SMILES string of the molecule is CCc1c[n+](C)c(N=c2sc(CC)cn2C)s1. The minimum Gasteiger partial charge on any atom is -0.305 e. The van der Waals surface area contributed by atoms with Gasteiger partial charge in [-0.05, 0) is 24.2 Å². The van der Waals surface area contributed by atoms with Crippen LogP contribution in [0.15, 0.2) is 17.4 Å². The Balaban J connectivity index is 2.46. The number of nitrogens with zero attached hydrogens (tertiary/aromatic N) is 3. The summed E-state index contributed by atoms with van der Waals surface area (Å²) in [5.74, 6) is 0. The normalized spacial score (nSPS) is 12.4. The summed E-state index contributed by atoms with van der Waals surface area (Å²) in [5.41, 5.74) is 0. The molecule has 0 aromatic carbocycles. The summed E-state index contributed by atoms with van der Waals surface area (Å²) in [6, 6.07) is 0. The van der Waals surface area contributed by atoms with Gasteiger partial charge in [0.15, 0.2) is 0 Å². The van der Waals surface area contributed by atoms with Gasteiger partial charge in [-0.2, -0.15) is 0 Å². The topological polar surface area (TPSA) is 21.2 Å². The number of aryl methyl sites for hydroxylation is 4. The zero-order valence-electron chi connectivity index (χ0n) is 10.7. The molecule has 2 aromatic rings. The molecule has 0 amide bonds. The van der Waals surface area contributed by atoms with Gasteiger partial charge >= 0.3 is 9.93 Å². The molecule has 92 valence electrons. The van der Waals surface area contributed by atoms with Crippen molar-refractivity contribution >= 4 is 27.8 Å². The molecule has 0 saturated heterocycles. The molecule has 0 atom stereocenters. The molecule has 0 saturated carbocycles. The highest BCUT2D eigenvalue weighted by atomic mass is 32.1. The maximum atomic E-state index is 4.74. The molecule has 0 fully saturated rings. The van der Waals surface area contributed by atoms with Gasteiger partial charge in [0, 0.05) is 23.1 Å². The van der Waals surface area contributed by atoms with Crippen LogP contribution in [0.1, 0.15) is 23.6 Å². The zero-order valence-corrected chi connectivity index (χ0v) is 12.4. The molecule has 0 N–H and O–H groups in total. The van der Waals surface area contributed by atoms with Crippen LogP contribution in [-0.2, 0) is 26.9 Å². The van der Waals surface area contributed by atoms with Gasteiger partial charge in [0.1, 0.15) is 6.20 Å². The first-order valence-electron chi connectivity index (χ1n) is 5.82. The van der Waals surface area contributed by atoms with Crippen molar-refractivity contribution in [3.63, 3.8) is 0 Å². The maximum absolute atomic E-state index is 4.74. The Morgan fingerprint density at radius 2 is 1.94 bits per heavy atom. The quantitative estimate of drug-likeness (QED) is 0.762. The number of rotatable bonds is 3. The first kappa shape index (κ1) is 12.5. The van der Waals surface area contributed by atoms with Gasteiger partial charge in [0.05, 0.1) is 11.9 Å². The van der Waals surface area contributed by atoms with E-state index in [1.54, 1.807) is 22.7 Å². The van der Waals surface area contributed by atoms with E-state index >= 15 is 0 Å². The molecule has 0 unspecified atom stereocenters. The molecular weight excluding hydrogens is 250 g/mol. The highest BCUT2D eigenvalue weighted by Gasteiger charge is 2.12. The average molecular weight is 268 g/mol. The number of thiazole rings is 2. The Hall–Kier alpha value is -0.940. The van der Waals surface area contributed by atoms with Crippen molar-refractivity contribution in [2.45, 2.75) is 26.7 Å². The lowest BCUT2D eigenvalue weighted by atomic mass is 10.4. The molecule has 3 nitrogen and oxygen atoms in total. The van der Waals surface area contributed by atoms with Crippen LogP contribution in [0, 0.1) is 0 Å². The van der Waals surface area contributed by atoms with Crippen LogP contribution >= 0.6 is 22.7 Å². The molecule has 0 aliphatic rings. The van der Waals surface area contributed by atoms with E-state index in [4.69, 9.17) is 4.99 Å². The maximum Gasteiger partial charge on any atom is 0.385 e. The standard InChI is InChI=1S/C12H18N3S2/c1-5-9-7-14(3)11(16-9)13-12-15(4)8-10(6-2)17-12/h7-8H,5-6H2,1-4H3/q+1. The Bertz CT molecular complexity index is 575. The predicted molar refractivity (Wildman–Crippen MR) is 72.8 cm³/mol. The van der Waals surface area contributed by atoms with Crippen LogP contribution in [-0.4, -0.2) is 4.57 Å². The van der Waals surface area contributed by atoms with Crippen LogP contribution in [0.2, 0.25) is 0 Å². The van der Waals surface area contributed by atoms with E-state index in [1.165, 1.54) is 9.75 Å². The van der Waals surface area contributed by atoms with Crippen molar-refractivity contribution in [3.05, 3.63) is 26.9 Å². The third-order valence-electron chi connectivity index (χ3n) is 2.61. The van der Waals surface area contributed by atoms with Crippen LogP contribution in [0.3, 0.4) is 0 Å². The second-order valence-electron chi connectivity index (χ2n) is 4.00. The average Bonchev–Trinajstić information content (AvgIpc) is 2.84. The van der Waals surface area contributed by atoms with Gasteiger partial charge < -0.3 is 4.57 Å². The number of aromatic nitrogens is 2. The molecule has 0 aliphatic heterocycles. The lowest BCUT2D eigenvalue weighted by molar-refractivity contribution is -0.654. The molecule has 2 heterocycles. The minimum atomic E-state index is 1.07. The van der Waals surface area contributed by atoms with Crippen molar-refractivity contribution in [1.29, 1.82) is 0 Å². The Labute approximate surface area is 110 Å². The van der Waals surface area contributed by atoms with Gasteiger partial charge in [-0.3, -0.25) is 0 Å². The van der Waals surface area contributed by atoms with Crippen LogP contribution in [0.5, 0.6) is 0 Å². The third-order valence-corrected chi connectivity index (χ3v) is 5.05. The first-order chi connectivity index (χ1) is 8.13. The lowest BCUT2D eigenvalue weighted by Crippen LogP contribution is -2.25. The van der Waals surface area contributed by atoms with Crippen molar-refractivity contribution in [3.8, 4) is 0 Å². The number of hydrogen-bond acceptors (Lipinski definition) is 3. The van der Waals surface area contributed by atoms with Crippen molar-refractivity contribution in [1.82, 2.24) is 4.57 Å². The fourth-order valence-corrected chi connectivity index (χ4v) is 3.48. The van der Waals surface area contributed by atoms with E-state index in [-0.39, 0.29) is 0 Å². The zero-order chi connectivity index (χ0) is 12.4. The second-order valence-corrected chi connectivity index (χ2v) is 6.19. The molecule has 5 heteroatoms. The highest BCUT2D eigenvalue weighted by molar-refractivity contribution is 7.15. The van der Waals surface area contributed by atoms with Gasteiger partial charge in [0.2, 0.25) is 0 Å². The van der Waals surface area contributed by atoms with Crippen molar-refractivity contribution in [2.24, 2.45) is 19.1 Å². The van der Waals surface area contributed by atoms with E-state index < -0.39 is 0 Å². The van der Waals surface area contributed by atoms with Gasteiger partial charge in [0.25, 0.3) is 0 Å². The molecule has 2 aromatic heterocycles. The summed E-state index contributed by atoms with van der Waals surface area (Å²) in [6.07, 6.45) is 6.48. The summed E-state index contributed by atoms with van der Waals surface area (Å²) in [4.78, 5) is 8.56. The van der Waals surface area contributed by atoms with Gasteiger partial charge in [-0.15, -0.1) is 0 Å². The van der Waals surface area contributed by atoms with Crippen LogP contribution in [0.25, 0.3) is 0 Å². The fraction of sp³-hybridized carbons (Fsp3) is 0.500. The van der Waals surface area contributed by atoms with E-state index in [1.807, 2.05) is 0 Å². The molecule has 0 bridgehead atoms. The van der Waals surface area contributed by atoms with Gasteiger partial charge in [-0.1, -0.05) is 25.2 Å². The van der Waals surface area contributed by atoms with E-state index in [0.29, 0.717) is 0 Å². The lowest BCUT2D eigenvalue weighted by Gasteiger charge is -1.83. The Morgan fingerprint density at radius 3 is 2.47 bits per heavy atom. The largest absolute Gasteiger partial charge is 0.385 e. The monoisotopic (exact) mass is 268 g/mol. The molecule has 17 heavy (non-hydrogen) atoms. The van der Waals surface area contributed by atoms with E-state index in [0.717, 1.165) is 22.8 Å². The summed E-state index contributed by atoms with van der Waals surface area (Å²) >= 11 is 3.54.